The number of thioether (sulfide) groups is 1. The molecule has 0 aliphatic heterocycles. The molecule has 1 unspecified atom stereocenters. The van der Waals surface area contributed by atoms with Crippen LogP contribution in [0.4, 0.5) is 0 Å². The first-order valence-electron chi connectivity index (χ1n) is 5.12. The van der Waals surface area contributed by atoms with Crippen molar-refractivity contribution < 1.29 is 4.74 Å². The summed E-state index contributed by atoms with van der Waals surface area (Å²) >= 11 is 2.02. The third-order valence-electron chi connectivity index (χ3n) is 1.75. The van der Waals surface area contributed by atoms with Gasteiger partial charge in [-0.15, -0.1) is 0 Å². The molecular formula is C10H23NOS. The van der Waals surface area contributed by atoms with E-state index in [1.165, 1.54) is 18.6 Å². The highest BCUT2D eigenvalue weighted by molar-refractivity contribution is 7.99. The van der Waals surface area contributed by atoms with Gasteiger partial charge in [-0.2, -0.15) is 11.8 Å². The average Bonchev–Trinajstić information content (AvgIpc) is 2.13. The standard InChI is InChI=1S/C10H23NOS/c1-4-6-11-9-10(2)13-8-5-7-12-3/h10-11H,4-9H2,1-3H3. The molecule has 0 saturated heterocycles. The Morgan fingerprint density at radius 3 is 2.85 bits per heavy atom. The summed E-state index contributed by atoms with van der Waals surface area (Å²) in [5.41, 5.74) is 0. The summed E-state index contributed by atoms with van der Waals surface area (Å²) in [7, 11) is 1.76. The topological polar surface area (TPSA) is 21.3 Å². The fourth-order valence-corrected chi connectivity index (χ4v) is 1.95. The normalized spacial score (nSPS) is 13.2. The lowest BCUT2D eigenvalue weighted by Crippen LogP contribution is -2.23. The van der Waals surface area contributed by atoms with Gasteiger partial charge < -0.3 is 10.1 Å². The lowest BCUT2D eigenvalue weighted by Gasteiger charge is -2.11. The smallest absolute Gasteiger partial charge is 0.0470 e. The highest BCUT2D eigenvalue weighted by atomic mass is 32.2. The van der Waals surface area contributed by atoms with E-state index < -0.39 is 0 Å². The largest absolute Gasteiger partial charge is 0.385 e. The zero-order valence-electron chi connectivity index (χ0n) is 9.14. The van der Waals surface area contributed by atoms with Crippen molar-refractivity contribution in [2.24, 2.45) is 0 Å². The molecule has 2 nitrogen and oxygen atoms in total. The molecule has 1 atom stereocenters. The maximum Gasteiger partial charge on any atom is 0.0470 e. The highest BCUT2D eigenvalue weighted by Crippen LogP contribution is 2.10. The minimum absolute atomic E-state index is 0.725. The first-order valence-corrected chi connectivity index (χ1v) is 6.17. The number of nitrogens with one attached hydrogen (secondary N) is 1. The van der Waals surface area contributed by atoms with Crippen molar-refractivity contribution in [3.05, 3.63) is 0 Å². The van der Waals surface area contributed by atoms with Gasteiger partial charge in [0, 0.05) is 25.5 Å². The second-order valence-corrected chi connectivity index (χ2v) is 4.78. The summed E-state index contributed by atoms with van der Waals surface area (Å²) in [6.45, 7) is 7.64. The van der Waals surface area contributed by atoms with Crippen LogP contribution in [0.15, 0.2) is 0 Å². The molecule has 0 radical (unpaired) electrons. The van der Waals surface area contributed by atoms with E-state index in [0.717, 1.165) is 24.9 Å². The Hall–Kier alpha value is 0.270. The molecule has 1 N–H and O–H groups in total. The van der Waals surface area contributed by atoms with Crippen LogP contribution < -0.4 is 5.32 Å². The molecule has 13 heavy (non-hydrogen) atoms. The van der Waals surface area contributed by atoms with Crippen LogP contribution in [0.25, 0.3) is 0 Å². The molecule has 0 amide bonds. The van der Waals surface area contributed by atoms with Crippen LogP contribution in [0, 0.1) is 0 Å². The van der Waals surface area contributed by atoms with Gasteiger partial charge in [0.2, 0.25) is 0 Å². The molecule has 0 aromatic carbocycles. The van der Waals surface area contributed by atoms with Gasteiger partial charge in [0.15, 0.2) is 0 Å². The molecule has 0 aliphatic carbocycles. The van der Waals surface area contributed by atoms with Crippen molar-refractivity contribution in [1.82, 2.24) is 5.32 Å². The van der Waals surface area contributed by atoms with E-state index in [1.807, 2.05) is 11.8 Å². The molecule has 0 aromatic heterocycles. The van der Waals surface area contributed by atoms with Gasteiger partial charge in [0.25, 0.3) is 0 Å². The van der Waals surface area contributed by atoms with Crippen molar-refractivity contribution in [3.8, 4) is 0 Å². The summed E-state index contributed by atoms with van der Waals surface area (Å²) in [6, 6.07) is 0. The van der Waals surface area contributed by atoms with Crippen LogP contribution in [0.1, 0.15) is 26.7 Å². The molecule has 0 aliphatic rings. The van der Waals surface area contributed by atoms with Crippen LogP contribution in [0.2, 0.25) is 0 Å². The first-order chi connectivity index (χ1) is 6.31. The van der Waals surface area contributed by atoms with E-state index >= 15 is 0 Å². The third kappa shape index (κ3) is 10.2. The van der Waals surface area contributed by atoms with Gasteiger partial charge in [0.1, 0.15) is 0 Å². The van der Waals surface area contributed by atoms with E-state index in [0.29, 0.717) is 0 Å². The quantitative estimate of drug-likeness (QED) is 0.583. The Bertz CT molecular complexity index is 101. The Morgan fingerprint density at radius 2 is 2.23 bits per heavy atom. The second-order valence-electron chi connectivity index (χ2n) is 3.23. The van der Waals surface area contributed by atoms with E-state index in [4.69, 9.17) is 4.74 Å². The second kappa shape index (κ2) is 10.4. The SMILES string of the molecule is CCCNCC(C)SCCCOC. The van der Waals surface area contributed by atoms with E-state index in [9.17, 15) is 0 Å². The van der Waals surface area contributed by atoms with Crippen LogP contribution in [0.5, 0.6) is 0 Å². The molecular weight excluding hydrogens is 182 g/mol. The van der Waals surface area contributed by atoms with Gasteiger partial charge in [-0.25, -0.2) is 0 Å². The molecule has 3 heteroatoms. The van der Waals surface area contributed by atoms with Crippen molar-refractivity contribution in [2.75, 3.05) is 32.6 Å². The third-order valence-corrected chi connectivity index (χ3v) is 3.01. The van der Waals surface area contributed by atoms with Crippen molar-refractivity contribution >= 4 is 11.8 Å². The molecule has 0 aromatic rings. The summed E-state index contributed by atoms with van der Waals surface area (Å²) < 4.78 is 4.99. The fraction of sp³-hybridized carbons (Fsp3) is 1.00. The molecule has 80 valence electrons. The van der Waals surface area contributed by atoms with Gasteiger partial charge in [0.05, 0.1) is 0 Å². The van der Waals surface area contributed by atoms with Gasteiger partial charge in [-0.3, -0.25) is 0 Å². The van der Waals surface area contributed by atoms with Gasteiger partial charge >= 0.3 is 0 Å². The maximum atomic E-state index is 4.99. The molecule has 0 bridgehead atoms. The number of hydrogen-bond donors (Lipinski definition) is 1. The lowest BCUT2D eigenvalue weighted by molar-refractivity contribution is 0.200. The van der Waals surface area contributed by atoms with Crippen LogP contribution in [-0.4, -0.2) is 37.8 Å². The Labute approximate surface area is 86.8 Å². The van der Waals surface area contributed by atoms with E-state index in [-0.39, 0.29) is 0 Å². The lowest BCUT2D eigenvalue weighted by atomic mass is 10.4. The molecule has 0 spiro atoms. The Morgan fingerprint density at radius 1 is 1.46 bits per heavy atom. The monoisotopic (exact) mass is 205 g/mol. The number of ether oxygens (including phenoxy) is 1. The number of methoxy groups -OCH3 is 1. The maximum absolute atomic E-state index is 4.99. The summed E-state index contributed by atoms with van der Waals surface area (Å²) in [6.07, 6.45) is 2.39. The summed E-state index contributed by atoms with van der Waals surface area (Å²) in [4.78, 5) is 0. The summed E-state index contributed by atoms with van der Waals surface area (Å²) in [5, 5.41) is 4.15. The highest BCUT2D eigenvalue weighted by Gasteiger charge is 2.00. The van der Waals surface area contributed by atoms with Gasteiger partial charge in [-0.05, 0) is 25.1 Å². The van der Waals surface area contributed by atoms with Crippen molar-refractivity contribution in [2.45, 2.75) is 31.9 Å². The number of hydrogen-bond acceptors (Lipinski definition) is 3. The van der Waals surface area contributed by atoms with Crippen LogP contribution >= 0.6 is 11.8 Å². The Balaban J connectivity index is 3.05. The van der Waals surface area contributed by atoms with E-state index in [2.05, 4.69) is 19.2 Å². The van der Waals surface area contributed by atoms with Crippen molar-refractivity contribution in [3.63, 3.8) is 0 Å². The van der Waals surface area contributed by atoms with Gasteiger partial charge in [-0.1, -0.05) is 13.8 Å². The molecule has 0 rings (SSSR count). The fourth-order valence-electron chi connectivity index (χ4n) is 1.03. The van der Waals surface area contributed by atoms with E-state index in [1.54, 1.807) is 7.11 Å². The minimum Gasteiger partial charge on any atom is -0.385 e. The molecule has 0 saturated carbocycles. The predicted octanol–water partition coefficient (Wildman–Crippen LogP) is 2.14. The predicted molar refractivity (Wildman–Crippen MR) is 61.6 cm³/mol. The zero-order chi connectivity index (χ0) is 9.94. The molecule has 0 fully saturated rings. The van der Waals surface area contributed by atoms with Crippen molar-refractivity contribution in [1.29, 1.82) is 0 Å². The minimum atomic E-state index is 0.725. The number of rotatable bonds is 9. The zero-order valence-corrected chi connectivity index (χ0v) is 9.95. The Kier molecular flexibility index (Phi) is 10.6. The summed E-state index contributed by atoms with van der Waals surface area (Å²) in [5.74, 6) is 1.21. The average molecular weight is 205 g/mol. The first kappa shape index (κ1) is 13.3. The van der Waals surface area contributed by atoms with Crippen LogP contribution in [0.3, 0.4) is 0 Å². The molecule has 0 heterocycles. The van der Waals surface area contributed by atoms with Crippen LogP contribution in [-0.2, 0) is 4.74 Å².